The molecule has 2 aliphatic heterocycles. The number of benzene rings is 1. The van der Waals surface area contributed by atoms with E-state index in [9.17, 15) is 14.9 Å². The molecule has 156 valence electrons. The van der Waals surface area contributed by atoms with Crippen molar-refractivity contribution in [3.63, 3.8) is 0 Å². The van der Waals surface area contributed by atoms with Gasteiger partial charge in [0.25, 0.3) is 5.56 Å². The van der Waals surface area contributed by atoms with Gasteiger partial charge in [-0.3, -0.25) is 9.59 Å². The first-order chi connectivity index (χ1) is 14.5. The second kappa shape index (κ2) is 8.19. The molecule has 0 spiro atoms. The van der Waals surface area contributed by atoms with Crippen molar-refractivity contribution >= 4 is 5.91 Å². The molecule has 0 N–H and O–H groups in total. The number of aromatic nitrogens is 2. The van der Waals surface area contributed by atoms with Gasteiger partial charge in [0.05, 0.1) is 24.9 Å². The number of likely N-dealkylation sites (tertiary alicyclic amines) is 1. The monoisotopic (exact) mass is 408 g/mol. The molecule has 1 aromatic carbocycles. The molecule has 8 nitrogen and oxygen atoms in total. The second-order valence-electron chi connectivity index (χ2n) is 7.66. The number of ether oxygens (including phenoxy) is 2. The van der Waals surface area contributed by atoms with E-state index in [0.717, 1.165) is 35.3 Å². The Labute approximate surface area is 174 Å². The summed E-state index contributed by atoms with van der Waals surface area (Å²) in [6.07, 6.45) is 2.55. The highest BCUT2D eigenvalue weighted by atomic mass is 16.5. The van der Waals surface area contributed by atoms with Crippen molar-refractivity contribution in [1.82, 2.24) is 14.7 Å². The molecule has 30 heavy (non-hydrogen) atoms. The summed E-state index contributed by atoms with van der Waals surface area (Å²) in [5.74, 6) is 1.24. The molecule has 1 fully saturated rings. The maximum Gasteiger partial charge on any atom is 0.285 e. The second-order valence-corrected chi connectivity index (χ2v) is 7.66. The number of hydrogen-bond donors (Lipinski definition) is 0. The molecule has 8 heteroatoms. The smallest absolute Gasteiger partial charge is 0.285 e. The van der Waals surface area contributed by atoms with E-state index in [1.54, 1.807) is 18.7 Å². The molecule has 2 aromatic rings. The quantitative estimate of drug-likeness (QED) is 0.773. The highest BCUT2D eigenvalue weighted by Crippen LogP contribution is 2.38. The van der Waals surface area contributed by atoms with Gasteiger partial charge in [0.2, 0.25) is 5.91 Å². The minimum atomic E-state index is -0.528. The lowest BCUT2D eigenvalue weighted by molar-refractivity contribution is -0.133. The highest BCUT2D eigenvalue weighted by molar-refractivity contribution is 5.77. The van der Waals surface area contributed by atoms with Crippen molar-refractivity contribution in [3.8, 4) is 17.6 Å². The van der Waals surface area contributed by atoms with Gasteiger partial charge < -0.3 is 14.4 Å². The zero-order chi connectivity index (χ0) is 21.3. The van der Waals surface area contributed by atoms with Gasteiger partial charge in [-0.25, -0.2) is 4.68 Å². The van der Waals surface area contributed by atoms with E-state index in [-0.39, 0.29) is 24.1 Å². The van der Waals surface area contributed by atoms with Crippen LogP contribution in [0.1, 0.15) is 47.7 Å². The molecule has 4 rings (SSSR count). The maximum absolute atomic E-state index is 13.1. The zero-order valence-corrected chi connectivity index (χ0v) is 17.2. The standard InChI is InChI=1S/C22H24N4O4/c1-14-15(2)24-26(22(28)17(14)12-23)13-21(27)25-8-3-5-18(25)16-6-7-19-20(11-16)30-10-4-9-29-19/h6-7,11,18H,3-5,8-10,13H2,1-2H3/t18-/m1/s1. The fourth-order valence-corrected chi connectivity index (χ4v) is 4.03. The summed E-state index contributed by atoms with van der Waals surface area (Å²) in [6, 6.07) is 7.66. The van der Waals surface area contributed by atoms with Crippen molar-refractivity contribution in [1.29, 1.82) is 5.26 Å². The van der Waals surface area contributed by atoms with Crippen LogP contribution in [0.25, 0.3) is 0 Å². The van der Waals surface area contributed by atoms with Crippen LogP contribution in [0, 0.1) is 25.2 Å². The van der Waals surface area contributed by atoms with E-state index in [4.69, 9.17) is 9.47 Å². The van der Waals surface area contributed by atoms with Crippen LogP contribution in [0.15, 0.2) is 23.0 Å². The Morgan fingerprint density at radius 2 is 2.00 bits per heavy atom. The Hall–Kier alpha value is -3.34. The number of nitriles is 1. The van der Waals surface area contributed by atoms with Gasteiger partial charge in [0, 0.05) is 13.0 Å². The fourth-order valence-electron chi connectivity index (χ4n) is 4.03. The molecular weight excluding hydrogens is 384 g/mol. The minimum Gasteiger partial charge on any atom is -0.490 e. The zero-order valence-electron chi connectivity index (χ0n) is 17.2. The summed E-state index contributed by atoms with van der Waals surface area (Å²) in [6.45, 7) is 5.08. The van der Waals surface area contributed by atoms with E-state index in [0.29, 0.717) is 36.8 Å². The number of amides is 1. The number of nitrogens with zero attached hydrogens (tertiary/aromatic N) is 4. The molecule has 0 saturated carbocycles. The molecule has 2 aliphatic rings. The normalized spacial score (nSPS) is 18.0. The predicted molar refractivity (Wildman–Crippen MR) is 108 cm³/mol. The van der Waals surface area contributed by atoms with E-state index >= 15 is 0 Å². The summed E-state index contributed by atoms with van der Waals surface area (Å²) in [7, 11) is 0. The molecule has 0 aliphatic carbocycles. The molecule has 1 saturated heterocycles. The van der Waals surface area contributed by atoms with Crippen molar-refractivity contribution in [2.75, 3.05) is 19.8 Å². The topological polar surface area (TPSA) is 97.4 Å². The van der Waals surface area contributed by atoms with E-state index in [2.05, 4.69) is 5.10 Å². The van der Waals surface area contributed by atoms with Crippen molar-refractivity contribution < 1.29 is 14.3 Å². The number of carbonyl (C=O) groups is 1. The first kappa shape index (κ1) is 20.0. The van der Waals surface area contributed by atoms with Crippen molar-refractivity contribution in [2.24, 2.45) is 0 Å². The average molecular weight is 408 g/mol. The Bertz CT molecular complexity index is 1090. The molecule has 1 aromatic heterocycles. The summed E-state index contributed by atoms with van der Waals surface area (Å²) >= 11 is 0. The third kappa shape index (κ3) is 3.63. The van der Waals surface area contributed by atoms with Crippen LogP contribution in [-0.2, 0) is 11.3 Å². The molecule has 3 heterocycles. The van der Waals surface area contributed by atoms with Gasteiger partial charge in [-0.2, -0.15) is 10.4 Å². The maximum atomic E-state index is 13.1. The van der Waals surface area contributed by atoms with Crippen LogP contribution < -0.4 is 15.0 Å². The summed E-state index contributed by atoms with van der Waals surface area (Å²) in [4.78, 5) is 27.4. The lowest BCUT2D eigenvalue weighted by Crippen LogP contribution is -2.38. The SMILES string of the molecule is Cc1nn(CC(=O)N2CCC[C@@H]2c2ccc3c(c2)OCCCO3)c(=O)c(C#N)c1C. The van der Waals surface area contributed by atoms with Gasteiger partial charge >= 0.3 is 0 Å². The van der Waals surface area contributed by atoms with Crippen molar-refractivity contribution in [2.45, 2.75) is 45.7 Å². The molecule has 0 unspecified atom stereocenters. The Morgan fingerprint density at radius 3 is 2.77 bits per heavy atom. The lowest BCUT2D eigenvalue weighted by Gasteiger charge is -2.26. The molecule has 0 radical (unpaired) electrons. The third-order valence-electron chi connectivity index (χ3n) is 5.76. The van der Waals surface area contributed by atoms with Crippen LogP contribution in [-0.4, -0.2) is 40.3 Å². The Morgan fingerprint density at radius 1 is 1.23 bits per heavy atom. The van der Waals surface area contributed by atoms with Gasteiger partial charge in [-0.05, 0) is 49.9 Å². The van der Waals surface area contributed by atoms with Crippen LogP contribution in [0.5, 0.6) is 11.5 Å². The molecule has 1 amide bonds. The molecule has 0 bridgehead atoms. The molecule has 1 atom stereocenters. The average Bonchev–Trinajstić information content (AvgIpc) is 3.11. The first-order valence-electron chi connectivity index (χ1n) is 10.2. The largest absolute Gasteiger partial charge is 0.490 e. The Balaban J connectivity index is 1.58. The van der Waals surface area contributed by atoms with Gasteiger partial charge in [-0.15, -0.1) is 0 Å². The van der Waals surface area contributed by atoms with Crippen LogP contribution in [0.3, 0.4) is 0 Å². The lowest BCUT2D eigenvalue weighted by atomic mass is 10.0. The van der Waals surface area contributed by atoms with E-state index in [1.807, 2.05) is 24.3 Å². The summed E-state index contributed by atoms with van der Waals surface area (Å²) < 4.78 is 12.6. The fraction of sp³-hybridized carbons (Fsp3) is 0.455. The number of rotatable bonds is 3. The third-order valence-corrected chi connectivity index (χ3v) is 5.76. The highest BCUT2D eigenvalue weighted by Gasteiger charge is 2.31. The van der Waals surface area contributed by atoms with Gasteiger partial charge in [0.15, 0.2) is 11.5 Å². The van der Waals surface area contributed by atoms with Crippen molar-refractivity contribution in [3.05, 3.63) is 50.9 Å². The van der Waals surface area contributed by atoms with E-state index < -0.39 is 5.56 Å². The number of carbonyl (C=O) groups excluding carboxylic acids is 1. The number of aryl methyl sites for hydroxylation is 1. The van der Waals surface area contributed by atoms with E-state index in [1.165, 1.54) is 0 Å². The predicted octanol–water partition coefficient (Wildman–Crippen LogP) is 2.26. The summed E-state index contributed by atoms with van der Waals surface area (Å²) in [5, 5.41) is 13.5. The van der Waals surface area contributed by atoms with Crippen LogP contribution >= 0.6 is 0 Å². The number of hydrogen-bond acceptors (Lipinski definition) is 6. The Kier molecular flexibility index (Phi) is 5.44. The van der Waals surface area contributed by atoms with Crippen LogP contribution in [0.2, 0.25) is 0 Å². The first-order valence-corrected chi connectivity index (χ1v) is 10.2. The van der Waals surface area contributed by atoms with Crippen LogP contribution in [0.4, 0.5) is 0 Å². The minimum absolute atomic E-state index is 0.0381. The summed E-state index contributed by atoms with van der Waals surface area (Å²) in [5.41, 5.74) is 1.62. The van der Waals surface area contributed by atoms with Gasteiger partial charge in [0.1, 0.15) is 18.2 Å². The van der Waals surface area contributed by atoms with Gasteiger partial charge in [-0.1, -0.05) is 6.07 Å². The molecular formula is C22H24N4O4. The number of fused-ring (bicyclic) bond motifs is 1.